The smallest absolute Gasteiger partial charge is 0.225 e. The molecule has 3 heteroatoms. The van der Waals surface area contributed by atoms with Crippen LogP contribution in [0, 0.1) is 10.8 Å². The summed E-state index contributed by atoms with van der Waals surface area (Å²) in [5, 5.41) is 11.3. The molecule has 0 atom stereocenters. The predicted octanol–water partition coefficient (Wildman–Crippen LogP) is 1.95. The van der Waals surface area contributed by atoms with E-state index in [9.17, 15) is 4.79 Å². The molecule has 0 spiro atoms. The van der Waals surface area contributed by atoms with Crippen LogP contribution < -0.4 is 5.32 Å². The number of hydrogen-bond donors (Lipinski definition) is 2. The molecule has 0 rings (SSSR count). The van der Waals surface area contributed by atoms with Gasteiger partial charge in [0.2, 0.25) is 5.91 Å². The molecule has 0 heterocycles. The van der Waals surface area contributed by atoms with Crippen molar-refractivity contribution in [1.82, 2.24) is 5.32 Å². The first-order chi connectivity index (χ1) is 6.69. The van der Waals surface area contributed by atoms with Crippen molar-refractivity contribution in [2.24, 2.45) is 10.8 Å². The molecule has 0 bridgehead atoms. The van der Waals surface area contributed by atoms with E-state index < -0.39 is 0 Å². The summed E-state index contributed by atoms with van der Waals surface area (Å²) in [5.41, 5.74) is -0.0863. The molecule has 0 unspecified atom stereocenters. The molecule has 0 aromatic carbocycles. The Labute approximate surface area is 93.3 Å². The highest BCUT2D eigenvalue weighted by atomic mass is 16.3. The van der Waals surface area contributed by atoms with Crippen LogP contribution in [0.2, 0.25) is 0 Å². The first kappa shape index (κ1) is 14.4. The van der Waals surface area contributed by atoms with Crippen molar-refractivity contribution >= 4 is 5.91 Å². The lowest BCUT2D eigenvalue weighted by atomic mass is 9.79. The van der Waals surface area contributed by atoms with Crippen molar-refractivity contribution in [2.75, 3.05) is 13.2 Å². The molecule has 0 saturated heterocycles. The molecule has 2 N–H and O–H groups in total. The third kappa shape index (κ3) is 6.50. The molecule has 0 aliphatic heterocycles. The maximum absolute atomic E-state index is 11.7. The fourth-order valence-electron chi connectivity index (χ4n) is 1.21. The Bertz CT molecular complexity index is 204. The van der Waals surface area contributed by atoms with Crippen molar-refractivity contribution in [3.8, 4) is 0 Å². The molecular weight excluding hydrogens is 190 g/mol. The summed E-state index contributed by atoms with van der Waals surface area (Å²) in [5.74, 6) is 0.0285. The van der Waals surface area contributed by atoms with E-state index in [-0.39, 0.29) is 23.3 Å². The van der Waals surface area contributed by atoms with E-state index in [1.165, 1.54) is 0 Å². The van der Waals surface area contributed by atoms with Crippen molar-refractivity contribution in [1.29, 1.82) is 0 Å². The van der Waals surface area contributed by atoms with E-state index in [4.69, 9.17) is 5.11 Å². The first-order valence-corrected chi connectivity index (χ1v) is 5.58. The molecule has 0 radical (unpaired) electrons. The van der Waals surface area contributed by atoms with Gasteiger partial charge < -0.3 is 10.4 Å². The molecule has 15 heavy (non-hydrogen) atoms. The quantitative estimate of drug-likeness (QED) is 0.736. The molecule has 1 amide bonds. The Kier molecular flexibility index (Phi) is 5.29. The molecule has 0 aliphatic carbocycles. The lowest BCUT2D eigenvalue weighted by Gasteiger charge is -2.27. The molecule has 3 nitrogen and oxygen atoms in total. The van der Waals surface area contributed by atoms with Crippen molar-refractivity contribution in [3.05, 3.63) is 0 Å². The van der Waals surface area contributed by atoms with Crippen molar-refractivity contribution in [2.45, 2.75) is 47.5 Å². The van der Waals surface area contributed by atoms with Crippen LogP contribution in [0.1, 0.15) is 47.5 Å². The molecular formula is C12H25NO2. The number of hydrogen-bond acceptors (Lipinski definition) is 2. The highest BCUT2D eigenvalue weighted by molar-refractivity contribution is 5.81. The lowest BCUT2D eigenvalue weighted by Crippen LogP contribution is -2.38. The maximum atomic E-state index is 11.7. The second kappa shape index (κ2) is 5.50. The van der Waals surface area contributed by atoms with Crippen LogP contribution in [0.5, 0.6) is 0 Å². The van der Waals surface area contributed by atoms with Gasteiger partial charge in [0.25, 0.3) is 0 Å². The summed E-state index contributed by atoms with van der Waals surface area (Å²) >= 11 is 0. The number of carbonyl (C=O) groups excluding carboxylic acids is 1. The zero-order valence-corrected chi connectivity index (χ0v) is 10.7. The van der Waals surface area contributed by atoms with Gasteiger partial charge in [0.15, 0.2) is 0 Å². The van der Waals surface area contributed by atoms with E-state index in [1.807, 2.05) is 13.8 Å². The summed E-state index contributed by atoms with van der Waals surface area (Å²) in [6.07, 6.45) is 1.89. The van der Waals surface area contributed by atoms with Gasteiger partial charge in [-0.3, -0.25) is 4.79 Å². The summed E-state index contributed by atoms with van der Waals surface area (Å²) in [4.78, 5) is 11.7. The van der Waals surface area contributed by atoms with Gasteiger partial charge in [-0.25, -0.2) is 0 Å². The third-order valence-electron chi connectivity index (χ3n) is 2.51. The molecule has 0 aromatic heterocycles. The SMILES string of the molecule is CC(C)(C)CCC(C)(C)C(=O)NCCO. The summed E-state index contributed by atoms with van der Waals surface area (Å²) in [6, 6.07) is 0. The molecule has 0 fully saturated rings. The van der Waals surface area contributed by atoms with Gasteiger partial charge in [-0.05, 0) is 18.3 Å². The van der Waals surface area contributed by atoms with Crippen molar-refractivity contribution < 1.29 is 9.90 Å². The van der Waals surface area contributed by atoms with Crippen LogP contribution in [0.4, 0.5) is 0 Å². The van der Waals surface area contributed by atoms with Gasteiger partial charge in [0, 0.05) is 12.0 Å². The molecule has 90 valence electrons. The fraction of sp³-hybridized carbons (Fsp3) is 0.917. The van der Waals surface area contributed by atoms with Gasteiger partial charge in [0.1, 0.15) is 0 Å². The Morgan fingerprint density at radius 1 is 1.13 bits per heavy atom. The minimum absolute atomic E-state index is 0.00108. The zero-order valence-electron chi connectivity index (χ0n) is 10.7. The average molecular weight is 215 g/mol. The number of aliphatic hydroxyl groups excluding tert-OH is 1. The van der Waals surface area contributed by atoms with E-state index in [0.29, 0.717) is 6.54 Å². The second-order valence-corrected chi connectivity index (χ2v) is 5.92. The van der Waals surface area contributed by atoms with Crippen LogP contribution >= 0.6 is 0 Å². The Hall–Kier alpha value is -0.570. The van der Waals surface area contributed by atoms with E-state index in [1.54, 1.807) is 0 Å². The van der Waals surface area contributed by atoms with Crippen LogP contribution in [0.15, 0.2) is 0 Å². The number of amides is 1. The minimum atomic E-state index is -0.345. The first-order valence-electron chi connectivity index (χ1n) is 5.58. The van der Waals surface area contributed by atoms with Gasteiger partial charge >= 0.3 is 0 Å². The predicted molar refractivity (Wildman–Crippen MR) is 62.6 cm³/mol. The van der Waals surface area contributed by atoms with E-state index in [0.717, 1.165) is 12.8 Å². The summed E-state index contributed by atoms with van der Waals surface area (Å²) < 4.78 is 0. The van der Waals surface area contributed by atoms with Gasteiger partial charge in [-0.1, -0.05) is 34.6 Å². The molecule has 0 aromatic rings. The summed E-state index contributed by atoms with van der Waals surface area (Å²) in [7, 11) is 0. The number of nitrogens with one attached hydrogen (secondary N) is 1. The normalized spacial score (nSPS) is 12.7. The number of aliphatic hydroxyl groups is 1. The molecule has 0 saturated carbocycles. The van der Waals surface area contributed by atoms with Crippen molar-refractivity contribution in [3.63, 3.8) is 0 Å². The van der Waals surface area contributed by atoms with E-state index in [2.05, 4.69) is 26.1 Å². The number of rotatable bonds is 5. The van der Waals surface area contributed by atoms with Crippen LogP contribution in [-0.4, -0.2) is 24.2 Å². The van der Waals surface area contributed by atoms with Gasteiger partial charge in [0.05, 0.1) is 6.61 Å². The topological polar surface area (TPSA) is 49.3 Å². The van der Waals surface area contributed by atoms with Gasteiger partial charge in [-0.15, -0.1) is 0 Å². The molecule has 0 aliphatic rings. The summed E-state index contributed by atoms with van der Waals surface area (Å²) in [6.45, 7) is 10.8. The monoisotopic (exact) mass is 215 g/mol. The van der Waals surface area contributed by atoms with Gasteiger partial charge in [-0.2, -0.15) is 0 Å². The Morgan fingerprint density at radius 3 is 2.07 bits per heavy atom. The number of carbonyl (C=O) groups is 1. The third-order valence-corrected chi connectivity index (χ3v) is 2.51. The standard InChI is InChI=1S/C12H25NO2/c1-11(2,3)6-7-12(4,5)10(15)13-8-9-14/h14H,6-9H2,1-5H3,(H,13,15). The largest absolute Gasteiger partial charge is 0.395 e. The maximum Gasteiger partial charge on any atom is 0.225 e. The minimum Gasteiger partial charge on any atom is -0.395 e. The van der Waals surface area contributed by atoms with E-state index >= 15 is 0 Å². The average Bonchev–Trinajstić information content (AvgIpc) is 2.10. The lowest BCUT2D eigenvalue weighted by molar-refractivity contribution is -0.130. The Morgan fingerprint density at radius 2 is 1.67 bits per heavy atom. The highest BCUT2D eigenvalue weighted by Gasteiger charge is 2.28. The fourth-order valence-corrected chi connectivity index (χ4v) is 1.21. The van der Waals surface area contributed by atoms with Crippen LogP contribution in [0.3, 0.4) is 0 Å². The van der Waals surface area contributed by atoms with Crippen LogP contribution in [0.25, 0.3) is 0 Å². The zero-order chi connectivity index (χ0) is 12.1. The van der Waals surface area contributed by atoms with Crippen LogP contribution in [-0.2, 0) is 4.79 Å². The second-order valence-electron chi connectivity index (χ2n) is 5.92. The Balaban J connectivity index is 4.10. The highest BCUT2D eigenvalue weighted by Crippen LogP contribution is 2.30.